The van der Waals surface area contributed by atoms with E-state index in [1.165, 1.54) is 72.0 Å². The van der Waals surface area contributed by atoms with Crippen LogP contribution in [0.15, 0.2) is 112 Å². The lowest BCUT2D eigenvalue weighted by Gasteiger charge is -2.14. The zero-order valence-corrected chi connectivity index (χ0v) is 36.6. The Morgan fingerprint density at radius 3 is 1.26 bits per heavy atom. The van der Waals surface area contributed by atoms with E-state index < -0.39 is 0 Å². The normalized spacial score (nSPS) is 10.1. The quantitative estimate of drug-likeness (QED) is 0.0676. The molecule has 11 nitrogen and oxygen atoms in total. The summed E-state index contributed by atoms with van der Waals surface area (Å²) < 4.78 is 19.8. The van der Waals surface area contributed by atoms with Crippen LogP contribution in [0.1, 0.15) is 31.1 Å². The highest BCUT2D eigenvalue weighted by Crippen LogP contribution is 2.34. The second-order valence-corrected chi connectivity index (χ2v) is 16.2. The van der Waals surface area contributed by atoms with E-state index in [-0.39, 0.29) is 28.9 Å². The molecule has 0 bridgehead atoms. The van der Waals surface area contributed by atoms with E-state index in [1.54, 1.807) is 61.5 Å². The van der Waals surface area contributed by atoms with Crippen LogP contribution in [-0.2, 0) is 14.2 Å². The van der Waals surface area contributed by atoms with Crippen LogP contribution in [0.3, 0.4) is 0 Å². The number of phenolic OH excluding ortho intramolecular Hbond substituents is 1. The first-order valence-corrected chi connectivity index (χ1v) is 20.9. The maximum absolute atomic E-state index is 11.7. The summed E-state index contributed by atoms with van der Waals surface area (Å²) in [6.45, 7) is 0. The fourth-order valence-corrected chi connectivity index (χ4v) is 8.18. The largest absolute Gasteiger partial charge is 0.508 e. The summed E-state index contributed by atoms with van der Waals surface area (Å²) >= 11 is 10.7. The number of carbonyl (C=O) groups excluding carboxylic acids is 4. The van der Waals surface area contributed by atoms with Crippen LogP contribution < -0.4 is 4.74 Å². The number of nitrogens with zero attached hydrogens (tertiary/aromatic N) is 2. The minimum absolute atomic E-state index is 0.0193. The molecule has 0 unspecified atom stereocenters. The Kier molecular flexibility index (Phi) is 17.0. The molecule has 1 N–H and O–H groups in total. The smallest absolute Gasteiger partial charge is 0.339 e. The Balaban J connectivity index is 0.000000194. The number of benzene rings is 3. The molecule has 6 aromatic rings. The van der Waals surface area contributed by atoms with Gasteiger partial charge >= 0.3 is 17.9 Å². The van der Waals surface area contributed by atoms with E-state index in [9.17, 15) is 24.3 Å². The maximum Gasteiger partial charge on any atom is 0.339 e. The average Bonchev–Trinajstić information content (AvgIpc) is 4.04. The van der Waals surface area contributed by atoms with Gasteiger partial charge in [0, 0.05) is 47.7 Å². The number of aromatic hydroxyl groups is 1. The van der Waals surface area contributed by atoms with Crippen LogP contribution in [0, 0.1) is 0 Å². The maximum atomic E-state index is 11.7. The fourth-order valence-electron chi connectivity index (χ4n) is 4.76. The van der Waals surface area contributed by atoms with Crippen LogP contribution in [-0.4, -0.2) is 92.7 Å². The Hall–Kier alpha value is -5.52. The van der Waals surface area contributed by atoms with Gasteiger partial charge < -0.3 is 33.9 Å². The summed E-state index contributed by atoms with van der Waals surface area (Å²) in [5.74, 6) is -0.147. The number of hydrogen-bond donors (Lipinski definition) is 1. The number of methoxy groups -OCH3 is 3. The van der Waals surface area contributed by atoms with Gasteiger partial charge in [-0.1, -0.05) is 12.1 Å². The molecule has 1 amide bonds. The molecule has 302 valence electrons. The molecular formula is C42H40N2O9S5. The number of carbonyl (C=O) groups is 4. The van der Waals surface area contributed by atoms with Crippen LogP contribution >= 0.6 is 58.0 Å². The van der Waals surface area contributed by atoms with Gasteiger partial charge in [-0.2, -0.15) is 0 Å². The monoisotopic (exact) mass is 876 g/mol. The number of thiophene rings is 3. The van der Waals surface area contributed by atoms with Crippen molar-refractivity contribution in [3.05, 3.63) is 124 Å². The Bertz CT molecular complexity index is 2200. The first-order valence-electron chi connectivity index (χ1n) is 17.0. The molecule has 3 heterocycles. The average molecular weight is 877 g/mol. The van der Waals surface area contributed by atoms with Gasteiger partial charge in [0.15, 0.2) is 0 Å². The molecule has 0 saturated carbocycles. The van der Waals surface area contributed by atoms with Crippen molar-refractivity contribution in [2.45, 2.75) is 4.90 Å². The Labute approximate surface area is 358 Å². The third-order valence-electron chi connectivity index (χ3n) is 7.71. The molecule has 6 rings (SSSR count). The molecule has 0 saturated heterocycles. The summed E-state index contributed by atoms with van der Waals surface area (Å²) in [6, 6.07) is 27.0. The van der Waals surface area contributed by atoms with Crippen molar-refractivity contribution in [3.63, 3.8) is 0 Å². The van der Waals surface area contributed by atoms with E-state index >= 15 is 0 Å². The van der Waals surface area contributed by atoms with Gasteiger partial charge in [0.1, 0.15) is 11.5 Å². The molecule has 0 aliphatic carbocycles. The number of thiocarbonyl (C=S) groups is 1. The lowest BCUT2D eigenvalue weighted by Crippen LogP contribution is -2.24. The predicted octanol–water partition coefficient (Wildman–Crippen LogP) is 10.3. The van der Waals surface area contributed by atoms with Crippen molar-refractivity contribution in [3.8, 4) is 42.8 Å². The first kappa shape index (κ1) is 45.2. The number of phenols is 1. The van der Waals surface area contributed by atoms with Gasteiger partial charge in [0.2, 0.25) is 0 Å². The summed E-state index contributed by atoms with van der Waals surface area (Å²) in [4.78, 5) is 53.2. The molecule has 0 aliphatic heterocycles. The molecule has 0 spiro atoms. The van der Waals surface area contributed by atoms with Crippen molar-refractivity contribution in [2.75, 3.05) is 49.5 Å². The highest BCUT2D eigenvalue weighted by Gasteiger charge is 2.17. The lowest BCUT2D eigenvalue weighted by atomic mass is 10.1. The number of hydrogen-bond acceptors (Lipinski definition) is 14. The lowest BCUT2D eigenvalue weighted by molar-refractivity contribution is 0.0593. The van der Waals surface area contributed by atoms with Gasteiger partial charge in [-0.05, 0) is 136 Å². The van der Waals surface area contributed by atoms with Gasteiger partial charge in [0.05, 0.1) is 38.0 Å². The van der Waals surface area contributed by atoms with Crippen molar-refractivity contribution in [1.82, 2.24) is 9.80 Å². The summed E-state index contributed by atoms with van der Waals surface area (Å²) in [5.41, 5.74) is 4.46. The molecule has 16 heteroatoms. The van der Waals surface area contributed by atoms with Crippen LogP contribution in [0.25, 0.3) is 31.3 Å². The van der Waals surface area contributed by atoms with Gasteiger partial charge in [-0.3, -0.25) is 4.79 Å². The molecule has 0 fully saturated rings. The number of esters is 3. The number of amides is 1. The van der Waals surface area contributed by atoms with Gasteiger partial charge in [0.25, 0.3) is 10.4 Å². The summed E-state index contributed by atoms with van der Waals surface area (Å²) in [5, 5.41) is 15.1. The van der Waals surface area contributed by atoms with E-state index in [4.69, 9.17) is 31.2 Å². The second kappa shape index (κ2) is 21.9. The van der Waals surface area contributed by atoms with E-state index in [2.05, 4.69) is 0 Å². The molecular weight excluding hydrogens is 837 g/mol. The van der Waals surface area contributed by atoms with Gasteiger partial charge in [-0.25, -0.2) is 14.4 Å². The van der Waals surface area contributed by atoms with E-state index in [1.807, 2.05) is 78.8 Å². The van der Waals surface area contributed by atoms with Crippen LogP contribution in [0.4, 0.5) is 4.79 Å². The second-order valence-electron chi connectivity index (χ2n) is 12.1. The highest BCUT2D eigenvalue weighted by molar-refractivity contribution is 8.13. The molecule has 3 aromatic heterocycles. The zero-order chi connectivity index (χ0) is 42.4. The standard InChI is InChI=1S/2C15H15NO3S2.C12H10O3S/c1-16(2)15(18)21-11-6-4-10(5-7-11)13-12(8-9-20-13)14(17)19-3;1-16(2)15(20)19-11-6-4-10(5-7-11)13-12(8-9-21-13)14(17)18-3;1-15-12(14)10-6-7-16-11(10)8-2-4-9(13)5-3-8/h2*4-9H,1-3H3;2-7,13H,1H3. The SMILES string of the molecule is COC(=O)c1ccsc1-c1ccc(O)cc1.COC(=O)c1ccsc1-c1ccc(OC(=S)N(C)C)cc1.COC(=O)c1ccsc1-c1ccc(SC(=O)N(C)C)cc1. The summed E-state index contributed by atoms with van der Waals surface area (Å²) in [7, 11) is 11.2. The first-order chi connectivity index (χ1) is 27.8. The third-order valence-corrected chi connectivity index (χ3v) is 12.1. The topological polar surface area (TPSA) is 132 Å². The van der Waals surface area contributed by atoms with Crippen LogP contribution in [0.5, 0.6) is 11.5 Å². The van der Waals surface area contributed by atoms with Crippen molar-refractivity contribution in [2.24, 2.45) is 0 Å². The molecule has 3 aromatic carbocycles. The van der Waals surface area contributed by atoms with E-state index in [0.29, 0.717) is 27.6 Å². The fraction of sp³-hybridized carbons (Fsp3) is 0.167. The van der Waals surface area contributed by atoms with Crippen molar-refractivity contribution < 1.29 is 43.2 Å². The highest BCUT2D eigenvalue weighted by atomic mass is 32.2. The van der Waals surface area contributed by atoms with Crippen molar-refractivity contribution >= 4 is 86.3 Å². The van der Waals surface area contributed by atoms with Gasteiger partial charge in [-0.15, -0.1) is 34.0 Å². The zero-order valence-electron chi connectivity index (χ0n) is 32.5. The van der Waals surface area contributed by atoms with Crippen LogP contribution in [0.2, 0.25) is 0 Å². The van der Waals surface area contributed by atoms with E-state index in [0.717, 1.165) is 36.2 Å². The predicted molar refractivity (Wildman–Crippen MR) is 237 cm³/mol. The molecule has 0 aliphatic rings. The number of ether oxygens (including phenoxy) is 4. The minimum atomic E-state index is -0.343. The Morgan fingerprint density at radius 1 is 0.552 bits per heavy atom. The number of thioether (sulfide) groups is 1. The molecule has 0 radical (unpaired) electrons. The molecule has 58 heavy (non-hydrogen) atoms. The minimum Gasteiger partial charge on any atom is -0.508 e. The molecule has 0 atom stereocenters. The number of rotatable bonds is 8. The third kappa shape index (κ3) is 12.2. The van der Waals surface area contributed by atoms with Crippen molar-refractivity contribution in [1.29, 1.82) is 0 Å². The Morgan fingerprint density at radius 2 is 0.914 bits per heavy atom. The summed E-state index contributed by atoms with van der Waals surface area (Å²) in [6.07, 6.45) is 0.